The van der Waals surface area contributed by atoms with E-state index in [9.17, 15) is 4.79 Å². The van der Waals surface area contributed by atoms with Crippen LogP contribution in [0.2, 0.25) is 0 Å². The van der Waals surface area contributed by atoms with Gasteiger partial charge >= 0.3 is 0 Å². The third-order valence-electron chi connectivity index (χ3n) is 3.75. The van der Waals surface area contributed by atoms with Gasteiger partial charge in [0.2, 0.25) is 5.91 Å². The molecule has 3 N–H and O–H groups in total. The molecule has 2 rings (SSSR count). The Morgan fingerprint density at radius 1 is 1.50 bits per heavy atom. The SMILES string of the molecule is CC(CC(N)=O)NC1c2ccccc2CC1(C)C. The number of primary amides is 1. The molecule has 0 aromatic heterocycles. The molecule has 18 heavy (non-hydrogen) atoms. The van der Waals surface area contributed by atoms with Gasteiger partial charge in [-0.15, -0.1) is 0 Å². The highest BCUT2D eigenvalue weighted by Crippen LogP contribution is 2.45. The molecule has 0 radical (unpaired) electrons. The highest BCUT2D eigenvalue weighted by molar-refractivity contribution is 5.74. The Morgan fingerprint density at radius 2 is 2.17 bits per heavy atom. The standard InChI is InChI=1S/C15H22N2O/c1-10(8-13(16)18)17-14-12-7-5-4-6-11(12)9-15(14,2)3/h4-7,10,14,17H,8-9H2,1-3H3,(H2,16,18). The number of fused-ring (bicyclic) bond motifs is 1. The summed E-state index contributed by atoms with van der Waals surface area (Å²) in [6.07, 6.45) is 1.46. The number of benzene rings is 1. The molecule has 1 aromatic rings. The van der Waals surface area contributed by atoms with Gasteiger partial charge in [0, 0.05) is 18.5 Å². The van der Waals surface area contributed by atoms with Crippen LogP contribution < -0.4 is 11.1 Å². The molecule has 0 fully saturated rings. The van der Waals surface area contributed by atoms with Gasteiger partial charge < -0.3 is 11.1 Å². The van der Waals surface area contributed by atoms with E-state index in [1.165, 1.54) is 11.1 Å². The van der Waals surface area contributed by atoms with Gasteiger partial charge in [0.25, 0.3) is 0 Å². The lowest BCUT2D eigenvalue weighted by molar-refractivity contribution is -0.118. The minimum absolute atomic E-state index is 0.109. The highest BCUT2D eigenvalue weighted by atomic mass is 16.1. The quantitative estimate of drug-likeness (QED) is 0.855. The Kier molecular flexibility index (Phi) is 3.44. The summed E-state index contributed by atoms with van der Waals surface area (Å²) < 4.78 is 0. The average molecular weight is 246 g/mol. The van der Waals surface area contributed by atoms with E-state index in [0.29, 0.717) is 12.5 Å². The van der Waals surface area contributed by atoms with Gasteiger partial charge in [-0.05, 0) is 29.9 Å². The molecule has 3 nitrogen and oxygen atoms in total. The first-order chi connectivity index (χ1) is 8.40. The first-order valence-electron chi connectivity index (χ1n) is 6.52. The van der Waals surface area contributed by atoms with Crippen LogP contribution >= 0.6 is 0 Å². The van der Waals surface area contributed by atoms with Crippen LogP contribution in [0.1, 0.15) is 44.4 Å². The number of carbonyl (C=O) groups excluding carboxylic acids is 1. The molecule has 3 heteroatoms. The van der Waals surface area contributed by atoms with Gasteiger partial charge in [0.15, 0.2) is 0 Å². The van der Waals surface area contributed by atoms with E-state index in [2.05, 4.69) is 43.4 Å². The zero-order valence-corrected chi connectivity index (χ0v) is 11.4. The Bertz CT molecular complexity index is 454. The molecule has 2 atom stereocenters. The molecule has 0 bridgehead atoms. The second-order valence-corrected chi connectivity index (χ2v) is 6.04. The molecule has 0 aliphatic heterocycles. The molecule has 1 aromatic carbocycles. The van der Waals surface area contributed by atoms with Crippen LogP contribution in [0.4, 0.5) is 0 Å². The summed E-state index contributed by atoms with van der Waals surface area (Å²) in [5.41, 5.74) is 8.20. The summed E-state index contributed by atoms with van der Waals surface area (Å²) in [4.78, 5) is 11.0. The van der Waals surface area contributed by atoms with Crippen LogP contribution in [0, 0.1) is 5.41 Å². The van der Waals surface area contributed by atoms with Gasteiger partial charge in [-0.2, -0.15) is 0 Å². The third kappa shape index (κ3) is 2.56. The fourth-order valence-corrected chi connectivity index (χ4v) is 2.95. The van der Waals surface area contributed by atoms with Crippen LogP contribution in [0.15, 0.2) is 24.3 Å². The van der Waals surface area contributed by atoms with Crippen LogP contribution in [-0.4, -0.2) is 11.9 Å². The van der Waals surface area contributed by atoms with Crippen LogP contribution in [0.5, 0.6) is 0 Å². The van der Waals surface area contributed by atoms with E-state index >= 15 is 0 Å². The maximum atomic E-state index is 11.0. The fraction of sp³-hybridized carbons (Fsp3) is 0.533. The zero-order chi connectivity index (χ0) is 13.3. The van der Waals surface area contributed by atoms with Crippen molar-refractivity contribution in [2.75, 3.05) is 0 Å². The third-order valence-corrected chi connectivity index (χ3v) is 3.75. The summed E-state index contributed by atoms with van der Waals surface area (Å²) in [6, 6.07) is 8.94. The van der Waals surface area contributed by atoms with Crippen molar-refractivity contribution < 1.29 is 4.79 Å². The molecule has 2 unspecified atom stereocenters. The molecule has 0 spiro atoms. The minimum atomic E-state index is -0.251. The van der Waals surface area contributed by atoms with Gasteiger partial charge in [-0.3, -0.25) is 4.79 Å². The summed E-state index contributed by atoms with van der Waals surface area (Å²) >= 11 is 0. The molecule has 0 saturated heterocycles. The zero-order valence-electron chi connectivity index (χ0n) is 11.4. The predicted octanol–water partition coefficient (Wildman–Crippen LogP) is 2.16. The van der Waals surface area contributed by atoms with E-state index in [1.807, 2.05) is 6.92 Å². The number of hydrogen-bond acceptors (Lipinski definition) is 2. The molecule has 98 valence electrons. The van der Waals surface area contributed by atoms with Gasteiger partial charge in [-0.25, -0.2) is 0 Å². The first-order valence-corrected chi connectivity index (χ1v) is 6.52. The lowest BCUT2D eigenvalue weighted by atomic mass is 9.85. The van der Waals surface area contributed by atoms with E-state index < -0.39 is 0 Å². The Labute approximate surface area is 109 Å². The van der Waals surface area contributed by atoms with Crippen molar-refractivity contribution in [3.8, 4) is 0 Å². The molecule has 0 saturated carbocycles. The first kappa shape index (κ1) is 13.1. The van der Waals surface area contributed by atoms with E-state index in [4.69, 9.17) is 5.73 Å². The Morgan fingerprint density at radius 3 is 2.83 bits per heavy atom. The summed E-state index contributed by atoms with van der Waals surface area (Å²) in [6.45, 7) is 6.55. The van der Waals surface area contributed by atoms with Crippen molar-refractivity contribution in [1.82, 2.24) is 5.32 Å². The van der Waals surface area contributed by atoms with Gasteiger partial charge in [-0.1, -0.05) is 38.1 Å². The van der Waals surface area contributed by atoms with Crippen molar-refractivity contribution in [2.45, 2.75) is 45.7 Å². The van der Waals surface area contributed by atoms with Crippen molar-refractivity contribution in [1.29, 1.82) is 0 Å². The summed E-state index contributed by atoms with van der Waals surface area (Å²) in [5.74, 6) is -0.251. The lowest BCUT2D eigenvalue weighted by Crippen LogP contribution is -2.39. The number of amides is 1. The lowest BCUT2D eigenvalue weighted by Gasteiger charge is -2.31. The molecule has 1 aliphatic rings. The van der Waals surface area contributed by atoms with Crippen molar-refractivity contribution in [2.24, 2.45) is 11.1 Å². The average Bonchev–Trinajstić information content (AvgIpc) is 2.49. The summed E-state index contributed by atoms with van der Waals surface area (Å²) in [7, 11) is 0. The van der Waals surface area contributed by atoms with E-state index in [0.717, 1.165) is 6.42 Å². The molecular formula is C15H22N2O. The minimum Gasteiger partial charge on any atom is -0.370 e. The topological polar surface area (TPSA) is 55.1 Å². The highest BCUT2D eigenvalue weighted by Gasteiger charge is 2.39. The number of nitrogens with one attached hydrogen (secondary N) is 1. The van der Waals surface area contributed by atoms with Crippen molar-refractivity contribution in [3.63, 3.8) is 0 Å². The smallest absolute Gasteiger partial charge is 0.218 e. The fourth-order valence-electron chi connectivity index (χ4n) is 2.95. The largest absolute Gasteiger partial charge is 0.370 e. The van der Waals surface area contributed by atoms with Crippen LogP contribution in [0.3, 0.4) is 0 Å². The van der Waals surface area contributed by atoms with E-state index in [1.54, 1.807) is 0 Å². The van der Waals surface area contributed by atoms with Gasteiger partial charge in [0.1, 0.15) is 0 Å². The number of rotatable bonds is 4. The van der Waals surface area contributed by atoms with Crippen LogP contribution in [-0.2, 0) is 11.2 Å². The number of hydrogen-bond donors (Lipinski definition) is 2. The van der Waals surface area contributed by atoms with E-state index in [-0.39, 0.29) is 17.4 Å². The van der Waals surface area contributed by atoms with Gasteiger partial charge in [0.05, 0.1) is 0 Å². The monoisotopic (exact) mass is 246 g/mol. The predicted molar refractivity (Wildman–Crippen MR) is 73.1 cm³/mol. The van der Waals surface area contributed by atoms with Crippen molar-refractivity contribution in [3.05, 3.63) is 35.4 Å². The maximum absolute atomic E-state index is 11.0. The second-order valence-electron chi connectivity index (χ2n) is 6.04. The molecular weight excluding hydrogens is 224 g/mol. The molecule has 1 aliphatic carbocycles. The molecule has 1 amide bonds. The Balaban J connectivity index is 2.18. The van der Waals surface area contributed by atoms with Crippen molar-refractivity contribution >= 4 is 5.91 Å². The number of carbonyl (C=O) groups is 1. The second kappa shape index (κ2) is 4.73. The summed E-state index contributed by atoms with van der Waals surface area (Å²) in [5, 5.41) is 3.56. The van der Waals surface area contributed by atoms with Crippen LogP contribution in [0.25, 0.3) is 0 Å². The Hall–Kier alpha value is -1.35. The molecule has 0 heterocycles. The number of nitrogens with two attached hydrogens (primary N) is 1. The normalized spacial score (nSPS) is 22.5. The maximum Gasteiger partial charge on any atom is 0.218 e.